The Hall–Kier alpha value is -3.24. The van der Waals surface area contributed by atoms with Gasteiger partial charge in [-0.3, -0.25) is 9.10 Å². The van der Waals surface area contributed by atoms with Crippen LogP contribution in [-0.2, 0) is 21.5 Å². The number of ether oxygens (including phenoxy) is 3. The van der Waals surface area contributed by atoms with Gasteiger partial charge < -0.3 is 19.5 Å². The summed E-state index contributed by atoms with van der Waals surface area (Å²) in [5.41, 5.74) is 1.14. The van der Waals surface area contributed by atoms with E-state index in [1.807, 2.05) is 0 Å². The van der Waals surface area contributed by atoms with E-state index in [0.717, 1.165) is 4.31 Å². The van der Waals surface area contributed by atoms with E-state index in [1.165, 1.54) is 39.5 Å². The highest BCUT2D eigenvalue weighted by Gasteiger charge is 2.28. The molecule has 0 fully saturated rings. The lowest BCUT2D eigenvalue weighted by molar-refractivity contribution is -0.112. The lowest BCUT2D eigenvalue weighted by atomic mass is 10.1. The molecule has 1 aliphatic heterocycles. The number of amides is 1. The van der Waals surface area contributed by atoms with E-state index in [4.69, 9.17) is 25.8 Å². The molecule has 11 heteroatoms. The Kier molecular flexibility index (Phi) is 6.95. The normalized spacial score (nSPS) is 14.8. The molecule has 170 valence electrons. The van der Waals surface area contributed by atoms with Crippen LogP contribution in [0.5, 0.6) is 17.2 Å². The minimum Gasteiger partial charge on any atom is -0.497 e. The number of carbonyl (C=O) groups is 1. The molecule has 0 saturated heterocycles. The van der Waals surface area contributed by atoms with E-state index in [9.17, 15) is 13.2 Å². The molecule has 0 spiro atoms. The van der Waals surface area contributed by atoms with Gasteiger partial charge in [-0.25, -0.2) is 0 Å². The van der Waals surface area contributed by atoms with Crippen LogP contribution in [0.25, 0.3) is 0 Å². The minimum atomic E-state index is -3.98. The molecule has 1 amide bonds. The number of methoxy groups -OCH3 is 3. The van der Waals surface area contributed by atoms with E-state index in [0.29, 0.717) is 28.5 Å². The Balaban J connectivity index is 1.89. The average Bonchev–Trinajstić information content (AvgIpc) is 2.75. The summed E-state index contributed by atoms with van der Waals surface area (Å²) in [6, 6.07) is 9.93. The molecule has 0 unspecified atom stereocenters. The Bertz CT molecular complexity index is 1190. The fraction of sp³-hybridized carbons (Fsp3) is 0.238. The van der Waals surface area contributed by atoms with Gasteiger partial charge in [0.2, 0.25) is 0 Å². The maximum atomic E-state index is 13.0. The van der Waals surface area contributed by atoms with Gasteiger partial charge in [-0.2, -0.15) is 8.42 Å². The predicted octanol–water partition coefficient (Wildman–Crippen LogP) is 3.41. The number of benzene rings is 2. The van der Waals surface area contributed by atoms with Crippen LogP contribution < -0.4 is 19.5 Å². The lowest BCUT2D eigenvalue weighted by Crippen LogP contribution is -2.32. The highest BCUT2D eigenvalue weighted by molar-refractivity contribution is 7.88. The van der Waals surface area contributed by atoms with Crippen molar-refractivity contribution in [3.63, 3.8) is 0 Å². The van der Waals surface area contributed by atoms with Crippen LogP contribution in [0, 0.1) is 0 Å². The summed E-state index contributed by atoms with van der Waals surface area (Å²) in [6.45, 7) is 1.45. The molecule has 0 radical (unpaired) electrons. The van der Waals surface area contributed by atoms with Gasteiger partial charge >= 0.3 is 10.2 Å². The molecule has 2 aromatic rings. The van der Waals surface area contributed by atoms with Crippen molar-refractivity contribution in [2.75, 3.05) is 26.6 Å². The zero-order valence-electron chi connectivity index (χ0n) is 17.9. The zero-order valence-corrected chi connectivity index (χ0v) is 19.5. The second-order valence-corrected chi connectivity index (χ2v) is 8.69. The summed E-state index contributed by atoms with van der Waals surface area (Å²) < 4.78 is 45.4. The predicted molar refractivity (Wildman–Crippen MR) is 122 cm³/mol. The number of hydrogen-bond donors (Lipinski definition) is 1. The van der Waals surface area contributed by atoms with Crippen molar-refractivity contribution in [3.05, 3.63) is 58.8 Å². The Morgan fingerprint density at radius 3 is 2.31 bits per heavy atom. The van der Waals surface area contributed by atoms with Crippen LogP contribution in [0.1, 0.15) is 12.5 Å². The first-order valence-electron chi connectivity index (χ1n) is 9.35. The molecule has 9 nitrogen and oxygen atoms in total. The number of carbonyl (C=O) groups excluding carboxylic acids is 1. The maximum absolute atomic E-state index is 13.0. The first kappa shape index (κ1) is 23.4. The van der Waals surface area contributed by atoms with Gasteiger partial charge in [-0.15, -0.1) is 4.40 Å². The summed E-state index contributed by atoms with van der Waals surface area (Å²) in [5.74, 6) is 0.786. The minimum absolute atomic E-state index is 0.00241. The van der Waals surface area contributed by atoms with E-state index >= 15 is 0 Å². The quantitative estimate of drug-likeness (QED) is 0.652. The van der Waals surface area contributed by atoms with Gasteiger partial charge in [-0.1, -0.05) is 23.7 Å². The van der Waals surface area contributed by atoms with Crippen LogP contribution in [0.15, 0.2) is 52.6 Å². The van der Waals surface area contributed by atoms with E-state index < -0.39 is 16.1 Å². The number of rotatable bonds is 7. The second-order valence-electron chi connectivity index (χ2n) is 6.73. The highest BCUT2D eigenvalue weighted by atomic mass is 35.5. The monoisotopic (exact) mass is 479 g/mol. The second kappa shape index (κ2) is 9.49. The van der Waals surface area contributed by atoms with Crippen LogP contribution in [0.3, 0.4) is 0 Å². The van der Waals surface area contributed by atoms with E-state index in [1.54, 1.807) is 31.4 Å². The average molecular weight is 480 g/mol. The molecule has 0 aliphatic carbocycles. The first-order valence-corrected chi connectivity index (χ1v) is 11.1. The number of halogens is 1. The SMILES string of the molecule is COc1ccc(CN2C=C(C(=O)Nc3cc(Cl)c(OC)cc3OC)C(C)=NS2(=O)=O)cc1. The maximum Gasteiger partial charge on any atom is 0.344 e. The van der Waals surface area contributed by atoms with Crippen molar-refractivity contribution >= 4 is 39.1 Å². The van der Waals surface area contributed by atoms with Crippen molar-refractivity contribution < 1.29 is 27.4 Å². The standard InChI is InChI=1S/C21H22ClN3O6S/c1-13-16(21(26)23-18-9-17(22)19(30-3)10-20(18)31-4)12-25(32(27,28)24-13)11-14-5-7-15(29-2)8-6-14/h5-10,12H,11H2,1-4H3,(H,23,26). The molecule has 0 bridgehead atoms. The topological polar surface area (TPSA) is 107 Å². The third-order valence-corrected chi connectivity index (χ3v) is 6.30. The fourth-order valence-corrected chi connectivity index (χ4v) is 4.33. The largest absolute Gasteiger partial charge is 0.497 e. The Labute approximate surface area is 191 Å². The lowest BCUT2D eigenvalue weighted by Gasteiger charge is -2.24. The van der Waals surface area contributed by atoms with Crippen molar-refractivity contribution in [1.82, 2.24) is 4.31 Å². The van der Waals surface area contributed by atoms with E-state index in [-0.39, 0.29) is 22.9 Å². The summed E-state index contributed by atoms with van der Waals surface area (Å²) in [7, 11) is 0.459. The molecule has 1 N–H and O–H groups in total. The number of hydrogen-bond acceptors (Lipinski definition) is 6. The van der Waals surface area contributed by atoms with Crippen LogP contribution in [0.2, 0.25) is 5.02 Å². The molecule has 0 aromatic heterocycles. The third-order valence-electron chi connectivity index (χ3n) is 4.68. The molecular weight excluding hydrogens is 458 g/mol. The Morgan fingerprint density at radius 1 is 1.06 bits per heavy atom. The van der Waals surface area contributed by atoms with Gasteiger partial charge in [0.05, 0.1) is 49.9 Å². The van der Waals surface area contributed by atoms with Crippen LogP contribution >= 0.6 is 11.6 Å². The summed E-state index contributed by atoms with van der Waals surface area (Å²) in [4.78, 5) is 13.0. The summed E-state index contributed by atoms with van der Waals surface area (Å²) >= 11 is 6.16. The molecule has 1 aliphatic rings. The van der Waals surface area contributed by atoms with Gasteiger partial charge in [0.15, 0.2) is 0 Å². The number of nitrogens with one attached hydrogen (secondary N) is 1. The molecule has 3 rings (SSSR count). The highest BCUT2D eigenvalue weighted by Crippen LogP contribution is 2.36. The van der Waals surface area contributed by atoms with Gasteiger partial charge in [0.25, 0.3) is 5.91 Å². The fourth-order valence-electron chi connectivity index (χ4n) is 2.99. The third kappa shape index (κ3) is 4.97. The molecule has 1 heterocycles. The van der Waals surface area contributed by atoms with Crippen molar-refractivity contribution in [2.24, 2.45) is 4.40 Å². The van der Waals surface area contributed by atoms with Crippen molar-refractivity contribution in [2.45, 2.75) is 13.5 Å². The molecule has 32 heavy (non-hydrogen) atoms. The van der Waals surface area contributed by atoms with Crippen LogP contribution in [0.4, 0.5) is 5.69 Å². The molecule has 0 saturated carbocycles. The molecule has 0 atom stereocenters. The molecular formula is C21H22ClN3O6S. The van der Waals surface area contributed by atoms with Crippen molar-refractivity contribution in [1.29, 1.82) is 0 Å². The zero-order chi connectivity index (χ0) is 23.5. The van der Waals surface area contributed by atoms with Crippen LogP contribution in [-0.4, -0.2) is 45.7 Å². The number of nitrogens with zero attached hydrogens (tertiary/aromatic N) is 2. The number of anilines is 1. The van der Waals surface area contributed by atoms with Gasteiger partial charge in [0.1, 0.15) is 17.2 Å². The first-order chi connectivity index (χ1) is 15.2. The Morgan fingerprint density at radius 2 is 1.72 bits per heavy atom. The summed E-state index contributed by atoms with van der Waals surface area (Å²) in [5, 5.41) is 2.96. The van der Waals surface area contributed by atoms with Gasteiger partial charge in [0, 0.05) is 12.3 Å². The molecule has 2 aromatic carbocycles. The summed E-state index contributed by atoms with van der Waals surface area (Å²) in [6.07, 6.45) is 1.26. The van der Waals surface area contributed by atoms with Crippen molar-refractivity contribution in [3.8, 4) is 17.2 Å². The smallest absolute Gasteiger partial charge is 0.344 e. The van der Waals surface area contributed by atoms with E-state index in [2.05, 4.69) is 9.71 Å². The van der Waals surface area contributed by atoms with Gasteiger partial charge in [-0.05, 0) is 30.7 Å².